The summed E-state index contributed by atoms with van der Waals surface area (Å²) in [7, 11) is 1.62. The number of carbonyl (C=O) groups excluding carboxylic acids is 1. The molecule has 2 aromatic carbocycles. The number of halogens is 1. The molecular formula is C25H30ClN3O3S. The Labute approximate surface area is 203 Å². The number of hydrogen-bond donors (Lipinski definition) is 2. The molecule has 1 amide bonds. The highest BCUT2D eigenvalue weighted by atomic mass is 35.5. The molecule has 33 heavy (non-hydrogen) atoms. The van der Waals surface area contributed by atoms with E-state index in [2.05, 4.69) is 24.1 Å². The van der Waals surface area contributed by atoms with Crippen LogP contribution in [-0.4, -0.2) is 35.7 Å². The number of carbonyl (C=O) groups is 1. The lowest BCUT2D eigenvalue weighted by molar-refractivity contribution is 0.0941. The maximum absolute atomic E-state index is 13.0. The minimum atomic E-state index is -0.194. The zero-order valence-corrected chi connectivity index (χ0v) is 20.8. The van der Waals surface area contributed by atoms with E-state index < -0.39 is 0 Å². The molecule has 1 aromatic heterocycles. The maximum Gasteiger partial charge on any atom is 0.262 e. The van der Waals surface area contributed by atoms with Crippen LogP contribution in [0.25, 0.3) is 10.9 Å². The van der Waals surface area contributed by atoms with Gasteiger partial charge in [-0.05, 0) is 67.4 Å². The quantitative estimate of drug-likeness (QED) is 0.303. The number of benzene rings is 2. The Morgan fingerprint density at radius 2 is 1.88 bits per heavy atom. The molecule has 0 unspecified atom stereocenters. The largest absolute Gasteiger partial charge is 0.385 e. The number of ether oxygens (including phenoxy) is 1. The van der Waals surface area contributed by atoms with Crippen LogP contribution in [0.1, 0.15) is 49.0 Å². The van der Waals surface area contributed by atoms with Crippen molar-refractivity contribution in [2.75, 3.05) is 20.3 Å². The molecule has 6 nitrogen and oxygen atoms in total. The van der Waals surface area contributed by atoms with Crippen molar-refractivity contribution in [2.24, 2.45) is 0 Å². The third-order valence-corrected chi connectivity index (χ3v) is 6.95. The summed E-state index contributed by atoms with van der Waals surface area (Å²) in [5.74, 6) is -0.194. The molecule has 0 fully saturated rings. The molecule has 0 saturated heterocycles. The Balaban J connectivity index is 1.83. The van der Waals surface area contributed by atoms with Crippen molar-refractivity contribution in [2.45, 2.75) is 45.1 Å². The molecule has 0 aliphatic carbocycles. The Morgan fingerprint density at radius 1 is 1.18 bits per heavy atom. The summed E-state index contributed by atoms with van der Waals surface area (Å²) < 4.78 is 6.92. The number of methoxy groups -OCH3 is 1. The summed E-state index contributed by atoms with van der Waals surface area (Å²) in [6.07, 6.45) is 2.43. The van der Waals surface area contributed by atoms with E-state index in [0.717, 1.165) is 18.4 Å². The average molecular weight is 488 g/mol. The van der Waals surface area contributed by atoms with Crippen LogP contribution in [0.3, 0.4) is 0 Å². The van der Waals surface area contributed by atoms with Gasteiger partial charge in [0.15, 0.2) is 4.77 Å². The third-order valence-electron chi connectivity index (χ3n) is 6.37. The highest BCUT2D eigenvalue weighted by Crippen LogP contribution is 2.32. The summed E-state index contributed by atoms with van der Waals surface area (Å²) >= 11 is 11.4. The van der Waals surface area contributed by atoms with E-state index in [4.69, 9.17) is 28.6 Å². The van der Waals surface area contributed by atoms with E-state index >= 15 is 0 Å². The third kappa shape index (κ3) is 5.54. The van der Waals surface area contributed by atoms with Crippen LogP contribution in [0.5, 0.6) is 0 Å². The number of rotatable bonds is 10. The lowest BCUT2D eigenvalue weighted by atomic mass is 9.75. The first-order valence-electron chi connectivity index (χ1n) is 11.1. The normalized spacial score (nSPS) is 11.6. The number of nitrogens with zero attached hydrogens (tertiary/aromatic N) is 1. The Morgan fingerprint density at radius 3 is 2.52 bits per heavy atom. The van der Waals surface area contributed by atoms with Gasteiger partial charge in [0, 0.05) is 42.8 Å². The van der Waals surface area contributed by atoms with E-state index in [1.54, 1.807) is 25.3 Å². The minimum absolute atomic E-state index is 0.171. The van der Waals surface area contributed by atoms with Gasteiger partial charge in [0.25, 0.3) is 11.5 Å². The highest BCUT2D eigenvalue weighted by molar-refractivity contribution is 7.71. The number of amides is 1. The second-order valence-electron chi connectivity index (χ2n) is 8.17. The van der Waals surface area contributed by atoms with Crippen molar-refractivity contribution < 1.29 is 9.53 Å². The van der Waals surface area contributed by atoms with Gasteiger partial charge in [-0.1, -0.05) is 37.6 Å². The van der Waals surface area contributed by atoms with Crippen molar-refractivity contribution in [3.8, 4) is 0 Å². The van der Waals surface area contributed by atoms with Crippen LogP contribution < -0.4 is 10.9 Å². The SMILES string of the molecule is CCC(CC)(CNC(=O)c1ccc2c(=O)n(CCCOC)c(=S)[nH]c2c1)c1ccc(Cl)cc1. The molecule has 2 N–H and O–H groups in total. The number of H-pyrrole nitrogens is 1. The van der Waals surface area contributed by atoms with Gasteiger partial charge >= 0.3 is 0 Å². The van der Waals surface area contributed by atoms with E-state index in [0.29, 0.717) is 52.4 Å². The van der Waals surface area contributed by atoms with Crippen molar-refractivity contribution in [1.82, 2.24) is 14.9 Å². The molecule has 0 atom stereocenters. The van der Waals surface area contributed by atoms with E-state index in [9.17, 15) is 9.59 Å². The van der Waals surface area contributed by atoms with Crippen LogP contribution >= 0.6 is 23.8 Å². The molecule has 0 aliphatic rings. The molecular weight excluding hydrogens is 458 g/mol. The molecule has 176 valence electrons. The lowest BCUT2D eigenvalue weighted by Gasteiger charge is -2.32. The first-order valence-corrected chi connectivity index (χ1v) is 11.9. The Hall–Kier alpha value is -2.48. The predicted molar refractivity (Wildman–Crippen MR) is 136 cm³/mol. The molecule has 0 aliphatic heterocycles. The predicted octanol–water partition coefficient (Wildman–Crippen LogP) is 5.24. The monoisotopic (exact) mass is 487 g/mol. The maximum atomic E-state index is 13.0. The number of fused-ring (bicyclic) bond motifs is 1. The van der Waals surface area contributed by atoms with Gasteiger partial charge in [0.05, 0.1) is 10.9 Å². The highest BCUT2D eigenvalue weighted by Gasteiger charge is 2.29. The van der Waals surface area contributed by atoms with E-state index in [-0.39, 0.29) is 16.9 Å². The minimum Gasteiger partial charge on any atom is -0.385 e. The molecule has 8 heteroatoms. The van der Waals surface area contributed by atoms with Crippen LogP contribution in [-0.2, 0) is 16.7 Å². The first kappa shape index (κ1) is 25.1. The van der Waals surface area contributed by atoms with Gasteiger partial charge in [-0.15, -0.1) is 0 Å². The molecule has 1 heterocycles. The summed E-state index contributed by atoms with van der Waals surface area (Å²) in [6.45, 7) is 5.76. The number of nitrogens with one attached hydrogen (secondary N) is 2. The van der Waals surface area contributed by atoms with Gasteiger partial charge < -0.3 is 15.0 Å². The smallest absolute Gasteiger partial charge is 0.262 e. The van der Waals surface area contributed by atoms with E-state index in [1.807, 2.05) is 24.3 Å². The molecule has 0 saturated carbocycles. The molecule has 3 aromatic rings. The van der Waals surface area contributed by atoms with Crippen molar-refractivity contribution >= 4 is 40.6 Å². The topological polar surface area (TPSA) is 76.1 Å². The van der Waals surface area contributed by atoms with Gasteiger partial charge in [-0.2, -0.15) is 0 Å². The average Bonchev–Trinajstić information content (AvgIpc) is 2.82. The second-order valence-corrected chi connectivity index (χ2v) is 8.99. The van der Waals surface area contributed by atoms with Crippen LogP contribution in [0, 0.1) is 4.77 Å². The van der Waals surface area contributed by atoms with Gasteiger partial charge in [-0.25, -0.2) is 0 Å². The van der Waals surface area contributed by atoms with Crippen LogP contribution in [0.15, 0.2) is 47.3 Å². The Kier molecular flexibility index (Phi) is 8.46. The lowest BCUT2D eigenvalue weighted by Crippen LogP contribution is -2.40. The van der Waals surface area contributed by atoms with Crippen LogP contribution in [0.2, 0.25) is 5.02 Å². The van der Waals surface area contributed by atoms with Gasteiger partial charge in [0.1, 0.15) is 0 Å². The molecule has 0 radical (unpaired) electrons. The van der Waals surface area contributed by atoms with E-state index in [1.165, 1.54) is 4.57 Å². The second kappa shape index (κ2) is 11.1. The number of aromatic amines is 1. The fraction of sp³-hybridized carbons (Fsp3) is 0.400. The molecule has 0 bridgehead atoms. The van der Waals surface area contributed by atoms with Gasteiger partial charge in [-0.3, -0.25) is 14.2 Å². The number of hydrogen-bond acceptors (Lipinski definition) is 4. The summed E-state index contributed by atoms with van der Waals surface area (Å²) in [4.78, 5) is 29.0. The standard InChI is InChI=1S/C25H30ClN3O3S/c1-4-25(5-2,18-8-10-19(26)11-9-18)16-27-22(30)17-7-12-20-21(15-17)28-24(33)29(23(20)31)13-6-14-32-3/h7-12,15H,4-6,13-14,16H2,1-3H3,(H,27,30)(H,28,33). The molecule has 0 spiro atoms. The summed E-state index contributed by atoms with van der Waals surface area (Å²) in [5, 5.41) is 4.27. The summed E-state index contributed by atoms with van der Waals surface area (Å²) in [6, 6.07) is 12.8. The zero-order chi connectivity index (χ0) is 24.0. The van der Waals surface area contributed by atoms with Crippen molar-refractivity contribution in [3.05, 3.63) is 73.7 Å². The zero-order valence-electron chi connectivity index (χ0n) is 19.2. The fourth-order valence-electron chi connectivity index (χ4n) is 4.13. The Bertz CT molecular complexity index is 1230. The van der Waals surface area contributed by atoms with Crippen molar-refractivity contribution in [3.63, 3.8) is 0 Å². The molecule has 3 rings (SSSR count). The first-order chi connectivity index (χ1) is 15.8. The number of aromatic nitrogens is 2. The summed E-state index contributed by atoms with van der Waals surface area (Å²) in [5.41, 5.74) is 1.81. The fourth-order valence-corrected chi connectivity index (χ4v) is 4.54. The van der Waals surface area contributed by atoms with Crippen LogP contribution in [0.4, 0.5) is 0 Å². The van der Waals surface area contributed by atoms with Gasteiger partial charge in [0.2, 0.25) is 0 Å². The van der Waals surface area contributed by atoms with Crippen molar-refractivity contribution in [1.29, 1.82) is 0 Å².